The maximum Gasteiger partial charge on any atom is 0.341 e. The zero-order valence-corrected chi connectivity index (χ0v) is 17.8. The van der Waals surface area contributed by atoms with Gasteiger partial charge in [0.1, 0.15) is 28.8 Å². The van der Waals surface area contributed by atoms with E-state index in [0.717, 1.165) is 22.3 Å². The predicted octanol–water partition coefficient (Wildman–Crippen LogP) is 4.58. The van der Waals surface area contributed by atoms with Gasteiger partial charge < -0.3 is 19.7 Å². The van der Waals surface area contributed by atoms with E-state index in [0.29, 0.717) is 23.6 Å². The van der Waals surface area contributed by atoms with Crippen LogP contribution in [0.1, 0.15) is 27.9 Å². The predicted molar refractivity (Wildman–Crippen MR) is 114 cm³/mol. The molecule has 0 amide bonds. The summed E-state index contributed by atoms with van der Waals surface area (Å²) in [5, 5.41) is 19.2. The number of hydrogen-bond acceptors (Lipinski definition) is 5. The molecule has 1 aromatic heterocycles. The molecule has 0 spiro atoms. The van der Waals surface area contributed by atoms with Crippen LogP contribution in [0, 0.1) is 26.6 Å². The second-order valence-electron chi connectivity index (χ2n) is 7.30. The van der Waals surface area contributed by atoms with Crippen LogP contribution in [0.4, 0.5) is 4.39 Å². The largest absolute Gasteiger partial charge is 0.506 e. The first-order valence-corrected chi connectivity index (χ1v) is 9.68. The zero-order valence-electron chi connectivity index (χ0n) is 17.8. The quantitative estimate of drug-likeness (QED) is 0.576. The van der Waals surface area contributed by atoms with Gasteiger partial charge in [-0.2, -0.15) is 0 Å². The van der Waals surface area contributed by atoms with Gasteiger partial charge in [-0.05, 0) is 79.4 Å². The summed E-state index contributed by atoms with van der Waals surface area (Å²) in [6.07, 6.45) is 0.455. The van der Waals surface area contributed by atoms with Crippen molar-refractivity contribution in [2.24, 2.45) is 0 Å². The van der Waals surface area contributed by atoms with E-state index in [1.165, 1.54) is 31.4 Å². The molecule has 0 bridgehead atoms. The summed E-state index contributed by atoms with van der Waals surface area (Å²) in [7, 11) is 1.48. The van der Waals surface area contributed by atoms with Crippen molar-refractivity contribution in [3.05, 3.63) is 70.2 Å². The van der Waals surface area contributed by atoms with Crippen LogP contribution in [0.25, 0.3) is 11.3 Å². The molecular weight excluding hydrogens is 401 g/mol. The number of aromatic nitrogens is 1. The molecule has 0 fully saturated rings. The average molecular weight is 425 g/mol. The molecule has 0 aliphatic heterocycles. The lowest BCUT2D eigenvalue weighted by Gasteiger charge is -2.17. The van der Waals surface area contributed by atoms with Crippen molar-refractivity contribution in [3.63, 3.8) is 0 Å². The van der Waals surface area contributed by atoms with Gasteiger partial charge in [0.25, 0.3) is 0 Å². The molecule has 1 heterocycles. The fourth-order valence-electron chi connectivity index (χ4n) is 3.44. The molecule has 0 aliphatic rings. The second-order valence-corrected chi connectivity index (χ2v) is 7.30. The van der Waals surface area contributed by atoms with E-state index in [1.807, 2.05) is 26.8 Å². The molecule has 0 saturated heterocycles. The van der Waals surface area contributed by atoms with Gasteiger partial charge in [-0.3, -0.25) is 0 Å². The van der Waals surface area contributed by atoms with Crippen molar-refractivity contribution in [2.75, 3.05) is 13.7 Å². The highest BCUT2D eigenvalue weighted by molar-refractivity contribution is 5.69. The molecule has 7 heteroatoms. The van der Waals surface area contributed by atoms with E-state index in [2.05, 4.69) is 4.98 Å². The van der Waals surface area contributed by atoms with Crippen LogP contribution in [0.5, 0.6) is 17.2 Å². The number of rotatable bonds is 7. The molecular formula is C24H24FNO5. The molecule has 0 unspecified atom stereocenters. The van der Waals surface area contributed by atoms with E-state index in [4.69, 9.17) is 14.6 Å². The summed E-state index contributed by atoms with van der Waals surface area (Å²) in [5.74, 6) is -0.688. The average Bonchev–Trinajstić information content (AvgIpc) is 2.74. The van der Waals surface area contributed by atoms with Crippen molar-refractivity contribution in [2.45, 2.75) is 27.2 Å². The van der Waals surface area contributed by atoms with E-state index in [-0.39, 0.29) is 17.0 Å². The van der Waals surface area contributed by atoms with E-state index >= 15 is 0 Å². The third-order valence-electron chi connectivity index (χ3n) is 5.28. The minimum atomic E-state index is -1.04. The second kappa shape index (κ2) is 9.04. The number of aliphatic carboxylic acids is 1. The molecule has 31 heavy (non-hydrogen) atoms. The Kier molecular flexibility index (Phi) is 6.44. The number of benzene rings is 2. The van der Waals surface area contributed by atoms with Crippen LogP contribution < -0.4 is 9.47 Å². The van der Waals surface area contributed by atoms with Crippen molar-refractivity contribution in [1.82, 2.24) is 4.98 Å². The number of carboxylic acid groups (broad SMARTS) is 1. The molecule has 162 valence electrons. The number of hydrogen-bond donors (Lipinski definition) is 2. The molecule has 3 rings (SSSR count). The molecule has 6 nitrogen and oxygen atoms in total. The highest BCUT2D eigenvalue weighted by Crippen LogP contribution is 2.34. The Morgan fingerprint density at radius 1 is 1.10 bits per heavy atom. The van der Waals surface area contributed by atoms with Crippen molar-refractivity contribution >= 4 is 5.97 Å². The molecule has 2 N–H and O–H groups in total. The Morgan fingerprint density at radius 2 is 1.84 bits per heavy atom. The van der Waals surface area contributed by atoms with E-state index in [9.17, 15) is 14.3 Å². The minimum absolute atomic E-state index is 0.127. The van der Waals surface area contributed by atoms with Crippen LogP contribution in [0.15, 0.2) is 36.4 Å². The van der Waals surface area contributed by atoms with Gasteiger partial charge in [-0.25, -0.2) is 14.2 Å². The Bertz CT molecular complexity index is 1140. The first-order valence-electron chi connectivity index (χ1n) is 9.68. The summed E-state index contributed by atoms with van der Waals surface area (Å²) in [6.45, 7) is 5.32. The van der Waals surface area contributed by atoms with Gasteiger partial charge in [0.15, 0.2) is 6.61 Å². The monoisotopic (exact) mass is 425 g/mol. The van der Waals surface area contributed by atoms with Crippen LogP contribution in [0.2, 0.25) is 0 Å². The Morgan fingerprint density at radius 3 is 2.52 bits per heavy atom. The molecule has 0 radical (unpaired) electrons. The summed E-state index contributed by atoms with van der Waals surface area (Å²) >= 11 is 0. The maximum absolute atomic E-state index is 14.4. The smallest absolute Gasteiger partial charge is 0.341 e. The first kappa shape index (κ1) is 22.1. The minimum Gasteiger partial charge on any atom is -0.506 e. The summed E-state index contributed by atoms with van der Waals surface area (Å²) < 4.78 is 25.0. The molecule has 3 aromatic rings. The highest BCUT2D eigenvalue weighted by atomic mass is 19.1. The number of pyridine rings is 1. The van der Waals surface area contributed by atoms with Gasteiger partial charge in [0.05, 0.1) is 7.11 Å². The number of carbonyl (C=O) groups is 1. The normalized spacial score (nSPS) is 10.7. The lowest BCUT2D eigenvalue weighted by molar-refractivity contribution is -0.139. The van der Waals surface area contributed by atoms with Crippen LogP contribution in [-0.4, -0.2) is 34.9 Å². The SMILES string of the molecule is COc1ccc(F)c(-c2nc(Cc3c(C)cc(OCC(=O)O)c(C)c3C)ccc2O)c1. The fraction of sp³-hybridized carbons (Fsp3) is 0.250. The van der Waals surface area contributed by atoms with E-state index < -0.39 is 18.4 Å². The third kappa shape index (κ3) is 4.77. The molecule has 0 atom stereocenters. The third-order valence-corrected chi connectivity index (χ3v) is 5.28. The Hall–Kier alpha value is -3.61. The highest BCUT2D eigenvalue weighted by Gasteiger charge is 2.17. The maximum atomic E-state index is 14.4. The van der Waals surface area contributed by atoms with Gasteiger partial charge in [0.2, 0.25) is 0 Å². The van der Waals surface area contributed by atoms with Gasteiger partial charge in [-0.1, -0.05) is 0 Å². The fourth-order valence-corrected chi connectivity index (χ4v) is 3.44. The van der Waals surface area contributed by atoms with Gasteiger partial charge >= 0.3 is 5.97 Å². The zero-order chi connectivity index (χ0) is 22.7. The van der Waals surface area contributed by atoms with Crippen molar-refractivity contribution < 1.29 is 28.9 Å². The van der Waals surface area contributed by atoms with Crippen molar-refractivity contribution in [1.29, 1.82) is 0 Å². The van der Waals surface area contributed by atoms with Crippen molar-refractivity contribution in [3.8, 4) is 28.5 Å². The number of carboxylic acids is 1. The number of methoxy groups -OCH3 is 1. The lowest BCUT2D eigenvalue weighted by Crippen LogP contribution is -2.11. The number of aromatic hydroxyl groups is 1. The van der Waals surface area contributed by atoms with Crippen LogP contribution >= 0.6 is 0 Å². The van der Waals surface area contributed by atoms with Gasteiger partial charge in [0, 0.05) is 17.7 Å². The summed E-state index contributed by atoms with van der Waals surface area (Å²) in [5.41, 5.74) is 4.69. The summed E-state index contributed by atoms with van der Waals surface area (Å²) in [6, 6.07) is 9.27. The van der Waals surface area contributed by atoms with Crippen LogP contribution in [0.3, 0.4) is 0 Å². The molecule has 0 saturated carbocycles. The molecule has 2 aromatic carbocycles. The Labute approximate surface area is 179 Å². The molecule has 0 aliphatic carbocycles. The standard InChI is InChI=1S/C24H24FNO5/c1-13-9-22(31-12-23(28)29)15(3)14(2)18(13)10-16-5-8-21(27)24(26-16)19-11-17(30-4)6-7-20(19)25/h5-9,11,27H,10,12H2,1-4H3,(H,28,29). The lowest BCUT2D eigenvalue weighted by atomic mass is 9.93. The topological polar surface area (TPSA) is 88.9 Å². The van der Waals surface area contributed by atoms with Gasteiger partial charge in [-0.15, -0.1) is 0 Å². The first-order chi connectivity index (χ1) is 14.7. The number of aryl methyl sites for hydroxylation is 1. The Balaban J connectivity index is 1.98. The number of halogens is 1. The van der Waals surface area contributed by atoms with E-state index in [1.54, 1.807) is 6.07 Å². The van der Waals surface area contributed by atoms with Crippen LogP contribution in [-0.2, 0) is 11.2 Å². The summed E-state index contributed by atoms with van der Waals surface area (Å²) in [4.78, 5) is 15.3. The number of nitrogens with zero attached hydrogens (tertiary/aromatic N) is 1. The number of ether oxygens (including phenoxy) is 2.